The summed E-state index contributed by atoms with van der Waals surface area (Å²) in [6.07, 6.45) is 2.28. The van der Waals surface area contributed by atoms with E-state index in [2.05, 4.69) is 47.9 Å². The highest BCUT2D eigenvalue weighted by molar-refractivity contribution is 5.86. The second-order valence-electron chi connectivity index (χ2n) is 5.19. The Morgan fingerprint density at radius 3 is 2.79 bits per heavy atom. The number of nitrogens with one attached hydrogen (secondary N) is 1. The van der Waals surface area contributed by atoms with Gasteiger partial charge in [-0.15, -0.1) is 0 Å². The van der Waals surface area contributed by atoms with Crippen molar-refractivity contribution in [2.45, 2.75) is 18.9 Å². The van der Waals surface area contributed by atoms with Crippen LogP contribution in [0.5, 0.6) is 0 Å². The van der Waals surface area contributed by atoms with Crippen LogP contribution in [0.1, 0.15) is 24.4 Å². The minimum atomic E-state index is 0.159. The van der Waals surface area contributed by atoms with E-state index in [0.717, 1.165) is 26.1 Å². The molecule has 1 heterocycles. The van der Waals surface area contributed by atoms with Crippen LogP contribution in [0.3, 0.4) is 0 Å². The number of hydrogen-bond acceptors (Lipinski definition) is 3. The zero-order chi connectivity index (χ0) is 13.1. The first-order valence-corrected chi connectivity index (χ1v) is 6.91. The molecule has 3 rings (SSSR count). The lowest BCUT2D eigenvalue weighted by Crippen LogP contribution is -2.37. The van der Waals surface area contributed by atoms with E-state index in [1.807, 2.05) is 0 Å². The minimum Gasteiger partial charge on any atom is -0.381 e. The van der Waals surface area contributed by atoms with E-state index in [1.54, 1.807) is 0 Å². The van der Waals surface area contributed by atoms with E-state index >= 15 is 0 Å². The van der Waals surface area contributed by atoms with Crippen molar-refractivity contribution in [1.29, 1.82) is 0 Å². The summed E-state index contributed by atoms with van der Waals surface area (Å²) < 4.78 is 5.60. The first-order chi connectivity index (χ1) is 9.40. The molecule has 100 valence electrons. The molecule has 3 nitrogen and oxygen atoms in total. The van der Waals surface area contributed by atoms with Crippen LogP contribution in [0.4, 0.5) is 0 Å². The van der Waals surface area contributed by atoms with Gasteiger partial charge in [-0.25, -0.2) is 0 Å². The fourth-order valence-electron chi connectivity index (χ4n) is 3.03. The van der Waals surface area contributed by atoms with E-state index in [0.29, 0.717) is 5.92 Å². The molecular formula is C16H20N2O. The van der Waals surface area contributed by atoms with Gasteiger partial charge in [-0.3, -0.25) is 11.3 Å². The molecule has 2 aromatic rings. The van der Waals surface area contributed by atoms with Gasteiger partial charge in [0.1, 0.15) is 0 Å². The molecule has 0 amide bonds. The molecular weight excluding hydrogens is 236 g/mol. The van der Waals surface area contributed by atoms with Crippen LogP contribution in [0.2, 0.25) is 0 Å². The molecule has 0 bridgehead atoms. The maximum absolute atomic E-state index is 5.82. The van der Waals surface area contributed by atoms with Gasteiger partial charge in [0, 0.05) is 12.5 Å². The number of hydrogen-bond donors (Lipinski definition) is 2. The smallest absolute Gasteiger partial charge is 0.0516 e. The monoisotopic (exact) mass is 256 g/mol. The third kappa shape index (κ3) is 2.50. The summed E-state index contributed by atoms with van der Waals surface area (Å²) in [5.41, 5.74) is 4.27. The van der Waals surface area contributed by atoms with Crippen LogP contribution < -0.4 is 11.3 Å². The molecule has 0 spiro atoms. The molecule has 1 fully saturated rings. The molecule has 2 aromatic carbocycles. The van der Waals surface area contributed by atoms with Gasteiger partial charge in [-0.05, 0) is 29.2 Å². The lowest BCUT2D eigenvalue weighted by molar-refractivity contribution is 0.0392. The molecule has 1 aliphatic heterocycles. The summed E-state index contributed by atoms with van der Waals surface area (Å²) in [4.78, 5) is 0. The van der Waals surface area contributed by atoms with Crippen molar-refractivity contribution in [2.24, 2.45) is 11.8 Å². The fourth-order valence-corrected chi connectivity index (χ4v) is 3.03. The van der Waals surface area contributed by atoms with Gasteiger partial charge in [0.05, 0.1) is 12.6 Å². The predicted molar refractivity (Wildman–Crippen MR) is 77.6 cm³/mol. The second kappa shape index (κ2) is 5.70. The average molecular weight is 256 g/mol. The van der Waals surface area contributed by atoms with Gasteiger partial charge in [0.15, 0.2) is 0 Å². The number of benzene rings is 2. The van der Waals surface area contributed by atoms with Crippen molar-refractivity contribution in [3.8, 4) is 0 Å². The summed E-state index contributed by atoms with van der Waals surface area (Å²) in [6, 6.07) is 15.0. The number of rotatable bonds is 3. The predicted octanol–water partition coefficient (Wildman–Crippen LogP) is 2.77. The van der Waals surface area contributed by atoms with Crippen LogP contribution >= 0.6 is 0 Å². The molecule has 1 saturated heterocycles. The van der Waals surface area contributed by atoms with Gasteiger partial charge in [0.25, 0.3) is 0 Å². The van der Waals surface area contributed by atoms with Crippen molar-refractivity contribution in [1.82, 2.24) is 5.43 Å². The second-order valence-corrected chi connectivity index (χ2v) is 5.19. The van der Waals surface area contributed by atoms with E-state index in [-0.39, 0.29) is 6.04 Å². The van der Waals surface area contributed by atoms with E-state index in [4.69, 9.17) is 10.6 Å². The number of ether oxygens (including phenoxy) is 1. The number of fused-ring (bicyclic) bond motifs is 1. The fraction of sp³-hybridized carbons (Fsp3) is 0.375. The summed E-state index contributed by atoms with van der Waals surface area (Å²) >= 11 is 0. The average Bonchev–Trinajstić information content (AvgIpc) is 2.49. The summed E-state index contributed by atoms with van der Waals surface area (Å²) in [5.74, 6) is 6.27. The van der Waals surface area contributed by atoms with Gasteiger partial charge in [-0.2, -0.15) is 0 Å². The van der Waals surface area contributed by atoms with Crippen LogP contribution in [0.25, 0.3) is 10.8 Å². The van der Waals surface area contributed by atoms with Crippen molar-refractivity contribution < 1.29 is 4.74 Å². The van der Waals surface area contributed by atoms with Gasteiger partial charge in [0.2, 0.25) is 0 Å². The Hall–Kier alpha value is -1.42. The van der Waals surface area contributed by atoms with Crippen molar-refractivity contribution in [3.05, 3.63) is 48.0 Å². The van der Waals surface area contributed by atoms with Gasteiger partial charge >= 0.3 is 0 Å². The Labute approximate surface area is 113 Å². The normalized spacial score (nSPS) is 21.4. The Morgan fingerprint density at radius 2 is 2.00 bits per heavy atom. The first-order valence-electron chi connectivity index (χ1n) is 6.91. The Kier molecular flexibility index (Phi) is 3.78. The van der Waals surface area contributed by atoms with E-state index in [9.17, 15) is 0 Å². The molecule has 0 aromatic heterocycles. The number of hydrazine groups is 1. The maximum Gasteiger partial charge on any atom is 0.0516 e. The molecule has 2 atom stereocenters. The lowest BCUT2D eigenvalue weighted by atomic mass is 9.87. The topological polar surface area (TPSA) is 47.3 Å². The van der Waals surface area contributed by atoms with Crippen molar-refractivity contribution >= 4 is 10.8 Å². The molecule has 19 heavy (non-hydrogen) atoms. The van der Waals surface area contributed by atoms with Crippen LogP contribution in [-0.2, 0) is 4.74 Å². The van der Waals surface area contributed by atoms with Gasteiger partial charge in [-0.1, -0.05) is 42.5 Å². The molecule has 1 aliphatic rings. The maximum atomic E-state index is 5.82. The molecule has 0 aliphatic carbocycles. The molecule has 0 saturated carbocycles. The molecule has 3 heteroatoms. The minimum absolute atomic E-state index is 0.159. The zero-order valence-corrected chi connectivity index (χ0v) is 11.0. The highest BCUT2D eigenvalue weighted by atomic mass is 16.5. The number of nitrogens with two attached hydrogens (primary N) is 1. The summed E-state index contributed by atoms with van der Waals surface area (Å²) in [7, 11) is 0. The van der Waals surface area contributed by atoms with Gasteiger partial charge < -0.3 is 4.74 Å². The third-order valence-corrected chi connectivity index (χ3v) is 4.00. The zero-order valence-electron chi connectivity index (χ0n) is 11.0. The van der Waals surface area contributed by atoms with E-state index in [1.165, 1.54) is 16.3 Å². The van der Waals surface area contributed by atoms with E-state index < -0.39 is 0 Å². The molecule has 3 N–H and O–H groups in total. The SMILES string of the molecule is NNC(c1cccc2ccccc12)C1CCCOC1. The Balaban J connectivity index is 2.00. The third-order valence-electron chi connectivity index (χ3n) is 4.00. The standard InChI is InChI=1S/C16H20N2O/c17-18-16(13-7-4-10-19-11-13)15-9-3-6-12-5-1-2-8-14(12)15/h1-3,5-6,8-9,13,16,18H,4,7,10-11,17H2. The first kappa shape index (κ1) is 12.6. The Morgan fingerprint density at radius 1 is 1.16 bits per heavy atom. The summed E-state index contributed by atoms with van der Waals surface area (Å²) in [5, 5.41) is 2.54. The van der Waals surface area contributed by atoms with Crippen LogP contribution in [-0.4, -0.2) is 13.2 Å². The van der Waals surface area contributed by atoms with Crippen LogP contribution in [0, 0.1) is 5.92 Å². The highest BCUT2D eigenvalue weighted by Crippen LogP contribution is 2.32. The van der Waals surface area contributed by atoms with Crippen molar-refractivity contribution in [3.63, 3.8) is 0 Å². The quantitative estimate of drug-likeness (QED) is 0.655. The molecule has 0 radical (unpaired) electrons. The largest absolute Gasteiger partial charge is 0.381 e. The molecule has 2 unspecified atom stereocenters. The highest BCUT2D eigenvalue weighted by Gasteiger charge is 2.25. The summed E-state index contributed by atoms with van der Waals surface area (Å²) in [6.45, 7) is 1.67. The van der Waals surface area contributed by atoms with Crippen molar-refractivity contribution in [2.75, 3.05) is 13.2 Å². The lowest BCUT2D eigenvalue weighted by Gasteiger charge is -2.30. The van der Waals surface area contributed by atoms with Crippen LogP contribution in [0.15, 0.2) is 42.5 Å². The Bertz CT molecular complexity index is 544.